The van der Waals surface area contributed by atoms with Crippen molar-refractivity contribution >= 4 is 46.4 Å². The zero-order valence-corrected chi connectivity index (χ0v) is 17.8. The number of amides is 1. The van der Waals surface area contributed by atoms with Gasteiger partial charge in [0, 0.05) is 37.7 Å². The van der Waals surface area contributed by atoms with Gasteiger partial charge in [0.2, 0.25) is 5.91 Å². The number of hydrogen-bond acceptors (Lipinski definition) is 4. The highest BCUT2D eigenvalue weighted by Gasteiger charge is 2.12. The first-order valence-electron chi connectivity index (χ1n) is 8.83. The summed E-state index contributed by atoms with van der Waals surface area (Å²) in [4.78, 5) is 14.5. The van der Waals surface area contributed by atoms with Crippen molar-refractivity contribution in [3.05, 3.63) is 57.0 Å². The lowest BCUT2D eigenvalue weighted by Crippen LogP contribution is -2.29. The van der Waals surface area contributed by atoms with Gasteiger partial charge in [-0.2, -0.15) is 0 Å². The second kappa shape index (κ2) is 11.5. The molecular weight excluding hydrogens is 423 g/mol. The molecule has 0 saturated heterocycles. The monoisotopic (exact) mass is 444 g/mol. The van der Waals surface area contributed by atoms with E-state index >= 15 is 0 Å². The third-order valence-corrected chi connectivity index (χ3v) is 5.09. The molecule has 2 aromatic rings. The van der Waals surface area contributed by atoms with Crippen LogP contribution in [0.1, 0.15) is 18.4 Å². The van der Waals surface area contributed by atoms with Gasteiger partial charge in [0.15, 0.2) is 0 Å². The number of carbonyl (C=O) groups is 1. The van der Waals surface area contributed by atoms with E-state index in [1.807, 2.05) is 12.1 Å². The zero-order valence-electron chi connectivity index (χ0n) is 15.6. The van der Waals surface area contributed by atoms with E-state index in [2.05, 4.69) is 10.2 Å². The predicted octanol–water partition coefficient (Wildman–Crippen LogP) is 4.87. The van der Waals surface area contributed by atoms with Gasteiger partial charge >= 0.3 is 0 Å². The maximum absolute atomic E-state index is 12.4. The van der Waals surface area contributed by atoms with E-state index in [0.717, 1.165) is 5.56 Å². The first kappa shape index (κ1) is 22.8. The lowest BCUT2D eigenvalue weighted by atomic mass is 10.2. The quantitative estimate of drug-likeness (QED) is 0.548. The molecule has 0 atom stereocenters. The second-order valence-electron chi connectivity index (χ2n) is 6.24. The molecule has 2 aromatic carbocycles. The summed E-state index contributed by atoms with van der Waals surface area (Å²) in [5, 5.41) is 13.5. The van der Waals surface area contributed by atoms with E-state index in [4.69, 9.17) is 44.6 Å². The van der Waals surface area contributed by atoms with Crippen molar-refractivity contribution < 1.29 is 14.6 Å². The molecule has 2 N–H and O–H groups in total. The summed E-state index contributed by atoms with van der Waals surface area (Å²) in [6.07, 6.45) is 0.896. The van der Waals surface area contributed by atoms with Gasteiger partial charge in [-0.05, 0) is 42.3 Å². The minimum atomic E-state index is -0.149. The van der Waals surface area contributed by atoms with Crippen LogP contribution in [0.15, 0.2) is 36.4 Å². The Kier molecular flexibility index (Phi) is 9.35. The normalized spacial score (nSPS) is 10.9. The maximum atomic E-state index is 12.4. The van der Waals surface area contributed by atoms with Gasteiger partial charge in [-0.25, -0.2) is 0 Å². The molecule has 0 fully saturated rings. The topological polar surface area (TPSA) is 61.8 Å². The Morgan fingerprint density at radius 1 is 1.11 bits per heavy atom. The first-order valence-corrected chi connectivity index (χ1v) is 9.97. The zero-order chi connectivity index (χ0) is 20.5. The molecule has 5 nitrogen and oxygen atoms in total. The van der Waals surface area contributed by atoms with Crippen molar-refractivity contribution in [2.45, 2.75) is 19.4 Å². The number of nitrogens with zero attached hydrogens (tertiary/aromatic N) is 1. The highest BCUT2D eigenvalue weighted by atomic mass is 35.5. The summed E-state index contributed by atoms with van der Waals surface area (Å²) in [6.45, 7) is 1.87. The Balaban J connectivity index is 1.97. The number of benzene rings is 2. The number of aliphatic hydroxyl groups is 1. The van der Waals surface area contributed by atoms with Gasteiger partial charge in [-0.1, -0.05) is 40.9 Å². The SMILES string of the molecule is COc1ccc(Cl)cc1NC(=O)CCN(CCCO)Cc1ccc(Cl)c(Cl)c1. The van der Waals surface area contributed by atoms with Gasteiger partial charge in [0.05, 0.1) is 22.8 Å². The van der Waals surface area contributed by atoms with Gasteiger partial charge in [-0.15, -0.1) is 0 Å². The van der Waals surface area contributed by atoms with Crippen LogP contribution in [-0.2, 0) is 11.3 Å². The van der Waals surface area contributed by atoms with Crippen molar-refractivity contribution in [2.75, 3.05) is 32.1 Å². The highest BCUT2D eigenvalue weighted by molar-refractivity contribution is 6.42. The number of anilines is 1. The first-order chi connectivity index (χ1) is 13.4. The Morgan fingerprint density at radius 2 is 1.89 bits per heavy atom. The Bertz CT molecular complexity index is 802. The molecule has 0 unspecified atom stereocenters. The molecule has 0 aliphatic heterocycles. The minimum Gasteiger partial charge on any atom is -0.495 e. The number of rotatable bonds is 10. The molecule has 2 rings (SSSR count). The van der Waals surface area contributed by atoms with E-state index in [0.29, 0.717) is 52.6 Å². The lowest BCUT2D eigenvalue weighted by molar-refractivity contribution is -0.116. The summed E-state index contributed by atoms with van der Waals surface area (Å²) in [6, 6.07) is 10.5. The average molecular weight is 446 g/mol. The van der Waals surface area contributed by atoms with Crippen molar-refractivity contribution in [1.29, 1.82) is 0 Å². The van der Waals surface area contributed by atoms with Gasteiger partial charge in [0.25, 0.3) is 0 Å². The van der Waals surface area contributed by atoms with Crippen LogP contribution < -0.4 is 10.1 Å². The fraction of sp³-hybridized carbons (Fsp3) is 0.350. The van der Waals surface area contributed by atoms with Crippen molar-refractivity contribution in [2.24, 2.45) is 0 Å². The molecule has 0 aliphatic carbocycles. The maximum Gasteiger partial charge on any atom is 0.225 e. The van der Waals surface area contributed by atoms with E-state index in [1.54, 1.807) is 24.3 Å². The fourth-order valence-electron chi connectivity index (χ4n) is 2.71. The minimum absolute atomic E-state index is 0.0871. The van der Waals surface area contributed by atoms with E-state index in [-0.39, 0.29) is 18.9 Å². The lowest BCUT2D eigenvalue weighted by Gasteiger charge is -2.22. The van der Waals surface area contributed by atoms with Crippen LogP contribution in [0, 0.1) is 0 Å². The predicted molar refractivity (Wildman–Crippen MR) is 115 cm³/mol. The molecule has 0 bridgehead atoms. The average Bonchev–Trinajstić information content (AvgIpc) is 2.67. The Labute approximate surface area is 180 Å². The van der Waals surface area contributed by atoms with Crippen LogP contribution in [-0.4, -0.2) is 42.7 Å². The standard InChI is InChI=1S/C20H23Cl3N2O3/c1-28-19-6-4-15(21)12-18(19)24-20(27)7-9-25(8-2-10-26)13-14-3-5-16(22)17(23)11-14/h3-6,11-12,26H,2,7-10,13H2,1H3,(H,24,27). The summed E-state index contributed by atoms with van der Waals surface area (Å²) in [7, 11) is 1.53. The smallest absolute Gasteiger partial charge is 0.225 e. The van der Waals surface area contributed by atoms with Gasteiger partial charge < -0.3 is 15.2 Å². The molecule has 8 heteroatoms. The molecular formula is C20H23Cl3N2O3. The Morgan fingerprint density at radius 3 is 2.57 bits per heavy atom. The van der Waals surface area contributed by atoms with Crippen LogP contribution >= 0.6 is 34.8 Å². The summed E-state index contributed by atoms with van der Waals surface area (Å²) < 4.78 is 5.24. The van der Waals surface area contributed by atoms with Crippen LogP contribution in [0.3, 0.4) is 0 Å². The van der Waals surface area contributed by atoms with Crippen molar-refractivity contribution in [3.63, 3.8) is 0 Å². The molecule has 1 amide bonds. The third-order valence-electron chi connectivity index (χ3n) is 4.11. The fourth-order valence-corrected chi connectivity index (χ4v) is 3.20. The number of nitrogens with one attached hydrogen (secondary N) is 1. The van der Waals surface area contributed by atoms with Crippen LogP contribution in [0.5, 0.6) is 5.75 Å². The van der Waals surface area contributed by atoms with E-state index < -0.39 is 0 Å². The van der Waals surface area contributed by atoms with E-state index in [9.17, 15) is 4.79 Å². The van der Waals surface area contributed by atoms with Gasteiger partial charge in [-0.3, -0.25) is 9.69 Å². The van der Waals surface area contributed by atoms with Gasteiger partial charge in [0.1, 0.15) is 5.75 Å². The highest BCUT2D eigenvalue weighted by Crippen LogP contribution is 2.28. The van der Waals surface area contributed by atoms with E-state index in [1.165, 1.54) is 7.11 Å². The number of hydrogen-bond donors (Lipinski definition) is 2. The van der Waals surface area contributed by atoms with Crippen LogP contribution in [0.2, 0.25) is 15.1 Å². The summed E-state index contributed by atoms with van der Waals surface area (Å²) in [5.41, 5.74) is 1.52. The Hall–Kier alpha value is -1.50. The molecule has 0 spiro atoms. The molecule has 0 aromatic heterocycles. The summed E-state index contributed by atoms with van der Waals surface area (Å²) >= 11 is 18.0. The third kappa shape index (κ3) is 7.15. The molecule has 152 valence electrons. The van der Waals surface area contributed by atoms with Crippen molar-refractivity contribution in [3.8, 4) is 5.75 Å². The van der Waals surface area contributed by atoms with Crippen LogP contribution in [0.4, 0.5) is 5.69 Å². The summed E-state index contributed by atoms with van der Waals surface area (Å²) in [5.74, 6) is 0.398. The molecule has 28 heavy (non-hydrogen) atoms. The number of ether oxygens (including phenoxy) is 1. The molecule has 0 saturated carbocycles. The number of carbonyl (C=O) groups excluding carboxylic acids is 1. The molecule has 0 aliphatic rings. The molecule has 0 radical (unpaired) electrons. The van der Waals surface area contributed by atoms with Crippen molar-refractivity contribution in [1.82, 2.24) is 4.90 Å². The molecule has 0 heterocycles. The largest absolute Gasteiger partial charge is 0.495 e. The van der Waals surface area contributed by atoms with Crippen LogP contribution in [0.25, 0.3) is 0 Å². The number of methoxy groups -OCH3 is 1. The second-order valence-corrected chi connectivity index (χ2v) is 7.50. The number of halogens is 3. The number of aliphatic hydroxyl groups excluding tert-OH is 1.